The van der Waals surface area contributed by atoms with Crippen LogP contribution in [0.4, 0.5) is 13.2 Å². The van der Waals surface area contributed by atoms with Crippen LogP contribution >= 0.6 is 0 Å². The second-order valence-electron chi connectivity index (χ2n) is 6.81. The highest BCUT2D eigenvalue weighted by atomic mass is 19.4. The first-order chi connectivity index (χ1) is 10.8. The van der Waals surface area contributed by atoms with Crippen molar-refractivity contribution in [3.05, 3.63) is 35.4 Å². The van der Waals surface area contributed by atoms with Gasteiger partial charge in [-0.1, -0.05) is 18.6 Å². The minimum absolute atomic E-state index is 0.163. The van der Waals surface area contributed by atoms with E-state index in [4.69, 9.17) is 5.11 Å². The number of hydrogen-bond acceptors (Lipinski definition) is 2. The summed E-state index contributed by atoms with van der Waals surface area (Å²) in [6.07, 6.45) is -1.74. The average molecular weight is 327 g/mol. The number of carboxylic acids is 1. The van der Waals surface area contributed by atoms with Gasteiger partial charge in [-0.2, -0.15) is 13.2 Å². The minimum atomic E-state index is -4.10. The number of benzene rings is 1. The lowest BCUT2D eigenvalue weighted by Gasteiger charge is -2.54. The number of piperidine rings is 1. The SMILES string of the molecule is O=C(O)c1ccc(CN2CCC(C(F)(F)F)C3(CCC3)C2)cc1. The van der Waals surface area contributed by atoms with Gasteiger partial charge in [0.25, 0.3) is 0 Å². The van der Waals surface area contributed by atoms with Crippen molar-refractivity contribution in [2.45, 2.75) is 38.4 Å². The molecule has 1 unspecified atom stereocenters. The van der Waals surface area contributed by atoms with E-state index in [9.17, 15) is 18.0 Å². The standard InChI is InChI=1S/C17H20F3NO2/c18-17(19,20)14-6-9-21(11-16(14)7-1-8-16)10-12-2-4-13(5-3-12)15(22)23/h2-5,14H,1,6-11H2,(H,22,23). The van der Waals surface area contributed by atoms with Crippen LogP contribution in [0.15, 0.2) is 24.3 Å². The lowest BCUT2D eigenvalue weighted by Crippen LogP contribution is -2.56. The molecule has 1 aromatic rings. The van der Waals surface area contributed by atoms with Crippen molar-refractivity contribution in [2.24, 2.45) is 11.3 Å². The zero-order valence-electron chi connectivity index (χ0n) is 12.8. The number of aromatic carboxylic acids is 1. The number of carboxylic acid groups (broad SMARTS) is 1. The highest BCUT2D eigenvalue weighted by molar-refractivity contribution is 5.87. The molecule has 1 saturated heterocycles. The Balaban J connectivity index is 1.68. The van der Waals surface area contributed by atoms with Crippen molar-refractivity contribution >= 4 is 5.97 Å². The van der Waals surface area contributed by atoms with Crippen LogP contribution in [-0.2, 0) is 6.54 Å². The maximum atomic E-state index is 13.3. The summed E-state index contributed by atoms with van der Waals surface area (Å²) in [4.78, 5) is 12.9. The third-order valence-corrected chi connectivity index (χ3v) is 5.36. The van der Waals surface area contributed by atoms with E-state index in [-0.39, 0.29) is 12.0 Å². The van der Waals surface area contributed by atoms with Crippen LogP contribution in [0, 0.1) is 11.3 Å². The maximum Gasteiger partial charge on any atom is 0.392 e. The molecule has 126 valence electrons. The van der Waals surface area contributed by atoms with Crippen molar-refractivity contribution in [2.75, 3.05) is 13.1 Å². The molecule has 3 rings (SSSR count). The Bertz CT molecular complexity index is 578. The second kappa shape index (κ2) is 5.82. The normalized spacial score (nSPS) is 24.4. The van der Waals surface area contributed by atoms with Gasteiger partial charge in [0.05, 0.1) is 11.5 Å². The fourth-order valence-corrected chi connectivity index (χ4v) is 4.05. The topological polar surface area (TPSA) is 40.5 Å². The van der Waals surface area contributed by atoms with E-state index < -0.39 is 23.5 Å². The van der Waals surface area contributed by atoms with E-state index in [1.807, 2.05) is 0 Å². The Morgan fingerprint density at radius 3 is 2.39 bits per heavy atom. The molecular weight excluding hydrogens is 307 g/mol. The van der Waals surface area contributed by atoms with Gasteiger partial charge in [-0.15, -0.1) is 0 Å². The molecule has 1 aromatic carbocycles. The van der Waals surface area contributed by atoms with Crippen LogP contribution in [-0.4, -0.2) is 35.2 Å². The van der Waals surface area contributed by atoms with Crippen LogP contribution in [0.25, 0.3) is 0 Å². The number of rotatable bonds is 3. The minimum Gasteiger partial charge on any atom is -0.478 e. The highest BCUT2D eigenvalue weighted by Gasteiger charge is 2.57. The van der Waals surface area contributed by atoms with Crippen molar-refractivity contribution in [3.8, 4) is 0 Å². The number of nitrogens with zero attached hydrogens (tertiary/aromatic N) is 1. The molecule has 0 aromatic heterocycles. The van der Waals surface area contributed by atoms with Crippen LogP contribution in [0.5, 0.6) is 0 Å². The van der Waals surface area contributed by atoms with Gasteiger partial charge in [0.15, 0.2) is 0 Å². The summed E-state index contributed by atoms with van der Waals surface area (Å²) in [5.74, 6) is -2.15. The molecule has 0 radical (unpaired) electrons. The largest absolute Gasteiger partial charge is 0.478 e. The molecular formula is C17H20F3NO2. The number of halogens is 3. The molecule has 1 N–H and O–H groups in total. The first-order valence-electron chi connectivity index (χ1n) is 7.91. The highest BCUT2D eigenvalue weighted by Crippen LogP contribution is 2.56. The van der Waals surface area contributed by atoms with Gasteiger partial charge in [-0.25, -0.2) is 4.79 Å². The molecule has 6 heteroatoms. The second-order valence-corrected chi connectivity index (χ2v) is 6.81. The van der Waals surface area contributed by atoms with Gasteiger partial charge in [-0.05, 0) is 48.9 Å². The Morgan fingerprint density at radius 1 is 1.26 bits per heavy atom. The Hall–Kier alpha value is -1.56. The van der Waals surface area contributed by atoms with E-state index in [1.165, 1.54) is 0 Å². The monoisotopic (exact) mass is 327 g/mol. The van der Waals surface area contributed by atoms with Crippen LogP contribution < -0.4 is 0 Å². The molecule has 1 heterocycles. The first kappa shape index (κ1) is 16.3. The van der Waals surface area contributed by atoms with E-state index in [1.54, 1.807) is 24.3 Å². The summed E-state index contributed by atoms with van der Waals surface area (Å²) in [7, 11) is 0. The average Bonchev–Trinajstić information content (AvgIpc) is 2.45. The van der Waals surface area contributed by atoms with E-state index in [0.717, 1.165) is 12.0 Å². The smallest absolute Gasteiger partial charge is 0.392 e. The fourth-order valence-electron chi connectivity index (χ4n) is 4.05. The number of alkyl halides is 3. The van der Waals surface area contributed by atoms with E-state index >= 15 is 0 Å². The molecule has 0 bridgehead atoms. The zero-order valence-corrected chi connectivity index (χ0v) is 12.8. The Labute approximate surface area is 133 Å². The third-order valence-electron chi connectivity index (χ3n) is 5.36. The van der Waals surface area contributed by atoms with Crippen molar-refractivity contribution in [3.63, 3.8) is 0 Å². The molecule has 1 saturated carbocycles. The summed E-state index contributed by atoms with van der Waals surface area (Å²) in [5.41, 5.74) is 0.562. The lowest BCUT2D eigenvalue weighted by molar-refractivity contribution is -0.238. The molecule has 3 nitrogen and oxygen atoms in total. The summed E-state index contributed by atoms with van der Waals surface area (Å²) in [6.45, 7) is 1.50. The number of hydrogen-bond donors (Lipinski definition) is 1. The molecule has 23 heavy (non-hydrogen) atoms. The quantitative estimate of drug-likeness (QED) is 0.914. The predicted octanol–water partition coefficient (Wildman–Crippen LogP) is 3.94. The van der Waals surface area contributed by atoms with Crippen molar-refractivity contribution in [1.29, 1.82) is 0 Å². The van der Waals surface area contributed by atoms with Crippen LogP contribution in [0.3, 0.4) is 0 Å². The Kier molecular flexibility index (Phi) is 4.12. The predicted molar refractivity (Wildman–Crippen MR) is 79.1 cm³/mol. The summed E-state index contributed by atoms with van der Waals surface area (Å²) in [5, 5.41) is 8.89. The lowest BCUT2D eigenvalue weighted by atomic mass is 9.58. The molecule has 1 spiro atoms. The van der Waals surface area contributed by atoms with Gasteiger partial charge in [-0.3, -0.25) is 4.90 Å². The maximum absolute atomic E-state index is 13.3. The first-order valence-corrected chi connectivity index (χ1v) is 7.91. The van der Waals surface area contributed by atoms with Gasteiger partial charge in [0.1, 0.15) is 0 Å². The zero-order chi connectivity index (χ0) is 16.7. The molecule has 2 fully saturated rings. The molecule has 2 aliphatic rings. The fraction of sp³-hybridized carbons (Fsp3) is 0.588. The van der Waals surface area contributed by atoms with Gasteiger partial charge in [0.2, 0.25) is 0 Å². The van der Waals surface area contributed by atoms with Crippen molar-refractivity contribution < 1.29 is 23.1 Å². The molecule has 1 aliphatic carbocycles. The summed E-state index contributed by atoms with van der Waals surface area (Å²) in [6, 6.07) is 6.57. The summed E-state index contributed by atoms with van der Waals surface area (Å²) >= 11 is 0. The Morgan fingerprint density at radius 2 is 1.91 bits per heavy atom. The van der Waals surface area contributed by atoms with E-state index in [0.29, 0.717) is 32.5 Å². The van der Waals surface area contributed by atoms with Crippen LogP contribution in [0.2, 0.25) is 0 Å². The van der Waals surface area contributed by atoms with Gasteiger partial charge < -0.3 is 5.11 Å². The van der Waals surface area contributed by atoms with Crippen LogP contribution in [0.1, 0.15) is 41.6 Å². The number of carbonyl (C=O) groups is 1. The number of likely N-dealkylation sites (tertiary alicyclic amines) is 1. The molecule has 0 amide bonds. The molecule has 1 atom stereocenters. The summed E-state index contributed by atoms with van der Waals surface area (Å²) < 4.78 is 39.8. The third kappa shape index (κ3) is 3.22. The van der Waals surface area contributed by atoms with Gasteiger partial charge in [0, 0.05) is 13.1 Å². The van der Waals surface area contributed by atoms with E-state index in [2.05, 4.69) is 4.90 Å². The molecule has 1 aliphatic heterocycles. The van der Waals surface area contributed by atoms with Crippen molar-refractivity contribution in [1.82, 2.24) is 4.90 Å². The van der Waals surface area contributed by atoms with Gasteiger partial charge >= 0.3 is 12.1 Å².